The zero-order valence-electron chi connectivity index (χ0n) is 7.26. The van der Waals surface area contributed by atoms with Crippen molar-refractivity contribution < 1.29 is 22.9 Å². The lowest BCUT2D eigenvalue weighted by atomic mass is 10.3. The van der Waals surface area contributed by atoms with Crippen LogP contribution in [0.1, 0.15) is 6.92 Å². The standard InChI is InChI=1S/C6H11NO5S/c1-4(2)5(8)7(3)6(9)13(10,11)12/h6,9H,1H2,2-3H3,(H,10,11,12). The van der Waals surface area contributed by atoms with E-state index < -0.39 is 21.6 Å². The molecule has 0 fully saturated rings. The first-order valence-corrected chi connectivity index (χ1v) is 4.75. The summed E-state index contributed by atoms with van der Waals surface area (Å²) >= 11 is 0. The lowest BCUT2D eigenvalue weighted by Crippen LogP contribution is -2.42. The molecule has 76 valence electrons. The topological polar surface area (TPSA) is 94.9 Å². The Morgan fingerprint density at radius 1 is 1.54 bits per heavy atom. The van der Waals surface area contributed by atoms with Crippen molar-refractivity contribution in [3.8, 4) is 0 Å². The summed E-state index contributed by atoms with van der Waals surface area (Å²) in [5.74, 6) is -0.759. The van der Waals surface area contributed by atoms with Crippen LogP contribution in [0.15, 0.2) is 12.2 Å². The number of hydrogen-bond acceptors (Lipinski definition) is 4. The van der Waals surface area contributed by atoms with Crippen molar-refractivity contribution >= 4 is 16.0 Å². The molecule has 0 aliphatic heterocycles. The number of likely N-dealkylation sites (N-methyl/N-ethyl adjacent to an activating group) is 1. The Morgan fingerprint density at radius 3 is 2.15 bits per heavy atom. The summed E-state index contributed by atoms with van der Waals surface area (Å²) < 4.78 is 29.1. The van der Waals surface area contributed by atoms with E-state index >= 15 is 0 Å². The first kappa shape index (κ1) is 12.1. The zero-order valence-corrected chi connectivity index (χ0v) is 8.08. The smallest absolute Gasteiger partial charge is 0.312 e. The van der Waals surface area contributed by atoms with Gasteiger partial charge in [-0.3, -0.25) is 9.35 Å². The minimum absolute atomic E-state index is 0.0604. The van der Waals surface area contributed by atoms with Crippen molar-refractivity contribution in [2.75, 3.05) is 7.05 Å². The largest absolute Gasteiger partial charge is 0.359 e. The van der Waals surface area contributed by atoms with Gasteiger partial charge >= 0.3 is 10.1 Å². The molecule has 0 saturated carbocycles. The van der Waals surface area contributed by atoms with Crippen molar-refractivity contribution in [2.45, 2.75) is 12.5 Å². The molecule has 2 N–H and O–H groups in total. The van der Waals surface area contributed by atoms with Crippen LogP contribution in [0.4, 0.5) is 0 Å². The van der Waals surface area contributed by atoms with E-state index in [1.165, 1.54) is 6.92 Å². The summed E-state index contributed by atoms with van der Waals surface area (Å²) in [4.78, 5) is 11.5. The number of nitrogens with zero attached hydrogens (tertiary/aromatic N) is 1. The molecule has 0 radical (unpaired) electrons. The lowest BCUT2D eigenvalue weighted by molar-refractivity contribution is -0.130. The Kier molecular flexibility index (Phi) is 3.59. The van der Waals surface area contributed by atoms with Gasteiger partial charge in [0, 0.05) is 12.6 Å². The number of hydrogen-bond donors (Lipinski definition) is 2. The molecular formula is C6H11NO5S. The van der Waals surface area contributed by atoms with Crippen LogP contribution < -0.4 is 0 Å². The Morgan fingerprint density at radius 2 is 1.92 bits per heavy atom. The number of rotatable bonds is 3. The van der Waals surface area contributed by atoms with E-state index in [1.54, 1.807) is 0 Å². The molecule has 0 heterocycles. The SMILES string of the molecule is C=C(C)C(=O)N(C)C(O)S(=O)(=O)O. The summed E-state index contributed by atoms with van der Waals surface area (Å²) in [7, 11) is -3.62. The van der Waals surface area contributed by atoms with Crippen molar-refractivity contribution in [3.63, 3.8) is 0 Å². The van der Waals surface area contributed by atoms with E-state index in [9.17, 15) is 13.2 Å². The fourth-order valence-electron chi connectivity index (χ4n) is 0.601. The molecule has 1 amide bonds. The van der Waals surface area contributed by atoms with Gasteiger partial charge in [-0.1, -0.05) is 6.58 Å². The molecule has 0 saturated heterocycles. The highest BCUT2D eigenvalue weighted by molar-refractivity contribution is 7.86. The first-order valence-electron chi connectivity index (χ1n) is 3.25. The van der Waals surface area contributed by atoms with Crippen molar-refractivity contribution in [2.24, 2.45) is 0 Å². The van der Waals surface area contributed by atoms with Crippen LogP contribution in [0.3, 0.4) is 0 Å². The van der Waals surface area contributed by atoms with Crippen molar-refractivity contribution in [1.82, 2.24) is 4.90 Å². The van der Waals surface area contributed by atoms with Gasteiger partial charge in [0.05, 0.1) is 0 Å². The molecule has 0 aromatic rings. The summed E-state index contributed by atoms with van der Waals surface area (Å²) in [6.07, 6.45) is 0. The quantitative estimate of drug-likeness (QED) is 0.360. The van der Waals surface area contributed by atoms with Gasteiger partial charge in [0.15, 0.2) is 0 Å². The van der Waals surface area contributed by atoms with E-state index in [4.69, 9.17) is 9.66 Å². The van der Waals surface area contributed by atoms with Gasteiger partial charge in [-0.15, -0.1) is 0 Å². The first-order chi connectivity index (χ1) is 5.68. The molecule has 0 aromatic heterocycles. The molecule has 1 unspecified atom stereocenters. The van der Waals surface area contributed by atoms with Crippen molar-refractivity contribution in [1.29, 1.82) is 0 Å². The molecule has 7 heteroatoms. The second kappa shape index (κ2) is 3.86. The maximum absolute atomic E-state index is 11.0. The minimum Gasteiger partial charge on any atom is -0.359 e. The Labute approximate surface area is 76.2 Å². The highest BCUT2D eigenvalue weighted by Gasteiger charge is 2.28. The molecule has 1 atom stereocenters. The zero-order chi connectivity index (χ0) is 10.8. The second-order valence-corrected chi connectivity index (χ2v) is 3.99. The maximum Gasteiger partial charge on any atom is 0.312 e. The monoisotopic (exact) mass is 209 g/mol. The van der Waals surface area contributed by atoms with Gasteiger partial charge in [0.25, 0.3) is 11.5 Å². The van der Waals surface area contributed by atoms with Gasteiger partial charge in [0.2, 0.25) is 0 Å². The molecule has 0 aliphatic carbocycles. The third-order valence-electron chi connectivity index (χ3n) is 1.28. The summed E-state index contributed by atoms with van der Waals surface area (Å²) in [5, 5.41) is 8.90. The number of carbonyl (C=O) groups is 1. The average Bonchev–Trinajstić information content (AvgIpc) is 1.98. The second-order valence-electron chi connectivity index (χ2n) is 2.54. The molecule has 0 spiro atoms. The number of aliphatic hydroxyl groups is 1. The summed E-state index contributed by atoms with van der Waals surface area (Å²) in [6, 6.07) is 0. The molecule has 0 bridgehead atoms. The van der Waals surface area contributed by atoms with Crippen LogP contribution in [-0.2, 0) is 14.9 Å². The third-order valence-corrected chi connectivity index (χ3v) is 2.13. The van der Waals surface area contributed by atoms with E-state index in [0.29, 0.717) is 4.90 Å². The minimum atomic E-state index is -4.66. The van der Waals surface area contributed by atoms with E-state index in [0.717, 1.165) is 7.05 Å². The van der Waals surface area contributed by atoms with Crippen LogP contribution >= 0.6 is 0 Å². The fraction of sp³-hybridized carbons (Fsp3) is 0.500. The molecule has 0 rings (SSSR count). The van der Waals surface area contributed by atoms with Crippen LogP contribution in [-0.4, -0.2) is 41.5 Å². The highest BCUT2D eigenvalue weighted by atomic mass is 32.2. The molecule has 6 nitrogen and oxygen atoms in total. The van der Waals surface area contributed by atoms with Gasteiger partial charge < -0.3 is 10.0 Å². The molecular weight excluding hydrogens is 198 g/mol. The van der Waals surface area contributed by atoms with Crippen LogP contribution in [0.25, 0.3) is 0 Å². The van der Waals surface area contributed by atoms with E-state index in [1.807, 2.05) is 0 Å². The van der Waals surface area contributed by atoms with E-state index in [2.05, 4.69) is 6.58 Å². The van der Waals surface area contributed by atoms with Crippen molar-refractivity contribution in [3.05, 3.63) is 12.2 Å². The Hall–Kier alpha value is -0.920. The Bertz CT molecular complexity index is 320. The molecule has 13 heavy (non-hydrogen) atoms. The Balaban J connectivity index is 4.73. The van der Waals surface area contributed by atoms with Gasteiger partial charge in [-0.2, -0.15) is 8.42 Å². The molecule has 0 aliphatic rings. The average molecular weight is 209 g/mol. The highest BCUT2D eigenvalue weighted by Crippen LogP contribution is 2.04. The lowest BCUT2D eigenvalue weighted by Gasteiger charge is -2.20. The van der Waals surface area contributed by atoms with Crippen LogP contribution in [0, 0.1) is 0 Å². The van der Waals surface area contributed by atoms with Gasteiger partial charge in [-0.25, -0.2) is 0 Å². The third kappa shape index (κ3) is 3.13. The van der Waals surface area contributed by atoms with Gasteiger partial charge in [0.1, 0.15) is 0 Å². The fourth-order valence-corrected chi connectivity index (χ4v) is 1.10. The predicted molar refractivity (Wildman–Crippen MR) is 45.1 cm³/mol. The van der Waals surface area contributed by atoms with E-state index in [-0.39, 0.29) is 5.57 Å². The normalized spacial score (nSPS) is 13.5. The number of aliphatic hydroxyl groups excluding tert-OH is 1. The number of carbonyl (C=O) groups excluding carboxylic acids is 1. The summed E-state index contributed by atoms with van der Waals surface area (Å²) in [6.45, 7) is 4.62. The predicted octanol–water partition coefficient (Wildman–Crippen LogP) is -0.815. The van der Waals surface area contributed by atoms with Gasteiger partial charge in [-0.05, 0) is 6.92 Å². The molecule has 0 aromatic carbocycles. The van der Waals surface area contributed by atoms with Crippen LogP contribution in [0.5, 0.6) is 0 Å². The number of amides is 1. The summed E-state index contributed by atoms with van der Waals surface area (Å²) in [5.41, 5.74) is -2.19. The maximum atomic E-state index is 11.0. The van der Waals surface area contributed by atoms with Crippen LogP contribution in [0.2, 0.25) is 0 Å².